The smallest absolute Gasteiger partial charge is 0.328 e. The van der Waals surface area contributed by atoms with Crippen LogP contribution in [0.15, 0.2) is 24.3 Å². The lowest BCUT2D eigenvalue weighted by atomic mass is 9.94. The Labute approximate surface area is 109 Å². The number of carbonyl (C=O) groups is 1. The summed E-state index contributed by atoms with van der Waals surface area (Å²) in [6.45, 7) is 4.88. The molecule has 0 radical (unpaired) electrons. The van der Waals surface area contributed by atoms with E-state index in [0.717, 1.165) is 31.4 Å². The van der Waals surface area contributed by atoms with Gasteiger partial charge < -0.3 is 10.1 Å². The Morgan fingerprint density at radius 3 is 3.06 bits per heavy atom. The summed E-state index contributed by atoms with van der Waals surface area (Å²) in [6, 6.07) is 7.80. The van der Waals surface area contributed by atoms with E-state index >= 15 is 0 Å². The molecule has 2 unspecified atom stereocenters. The molecule has 1 aromatic rings. The zero-order chi connectivity index (χ0) is 13.0. The molecule has 1 aliphatic heterocycles. The van der Waals surface area contributed by atoms with Crippen LogP contribution in [0, 0.1) is 0 Å². The number of benzene rings is 1. The number of esters is 1. The van der Waals surface area contributed by atoms with Gasteiger partial charge in [0.05, 0.1) is 6.10 Å². The Bertz CT molecular complexity index is 417. The van der Waals surface area contributed by atoms with E-state index in [-0.39, 0.29) is 18.1 Å². The Balaban J connectivity index is 2.08. The predicted octanol–water partition coefficient (Wildman–Crippen LogP) is 2.61. The quantitative estimate of drug-likeness (QED) is 0.831. The van der Waals surface area contributed by atoms with E-state index in [0.29, 0.717) is 0 Å². The van der Waals surface area contributed by atoms with Gasteiger partial charge in [0.2, 0.25) is 0 Å². The van der Waals surface area contributed by atoms with Gasteiger partial charge in [0.25, 0.3) is 0 Å². The van der Waals surface area contributed by atoms with E-state index in [9.17, 15) is 4.79 Å². The second-order valence-electron chi connectivity index (χ2n) is 4.87. The maximum absolute atomic E-state index is 12.2. The van der Waals surface area contributed by atoms with E-state index in [2.05, 4.69) is 18.3 Å². The van der Waals surface area contributed by atoms with Crippen LogP contribution >= 0.6 is 0 Å². The number of hydrogen-bond donors (Lipinski definition) is 1. The molecule has 1 N–H and O–H groups in total. The number of fused-ring (bicyclic) bond motifs is 1. The molecule has 0 fully saturated rings. The second kappa shape index (κ2) is 6.01. The summed E-state index contributed by atoms with van der Waals surface area (Å²) in [6.07, 6.45) is 2.92. The Morgan fingerprint density at radius 2 is 2.28 bits per heavy atom. The number of carbonyl (C=O) groups excluding carboxylic acids is 1. The first-order chi connectivity index (χ1) is 8.72. The van der Waals surface area contributed by atoms with Gasteiger partial charge in [-0.05, 0) is 30.9 Å². The van der Waals surface area contributed by atoms with Crippen molar-refractivity contribution < 1.29 is 9.53 Å². The van der Waals surface area contributed by atoms with Gasteiger partial charge >= 0.3 is 5.97 Å². The van der Waals surface area contributed by atoms with Crippen LogP contribution in [0.3, 0.4) is 0 Å². The SMILES string of the molecule is CCCC(C)OC(=O)C1NCCc2ccccc21. The lowest BCUT2D eigenvalue weighted by Crippen LogP contribution is -2.37. The van der Waals surface area contributed by atoms with Crippen molar-refractivity contribution in [1.29, 1.82) is 0 Å². The fraction of sp³-hybridized carbons (Fsp3) is 0.533. The third kappa shape index (κ3) is 2.91. The molecule has 2 rings (SSSR count). The normalized spacial score (nSPS) is 20.0. The molecule has 3 nitrogen and oxygen atoms in total. The second-order valence-corrected chi connectivity index (χ2v) is 4.87. The Hall–Kier alpha value is -1.35. The van der Waals surface area contributed by atoms with E-state index in [1.54, 1.807) is 0 Å². The number of hydrogen-bond acceptors (Lipinski definition) is 3. The monoisotopic (exact) mass is 247 g/mol. The standard InChI is InChI=1S/C15H21NO2/c1-3-6-11(2)18-15(17)14-13-8-5-4-7-12(13)9-10-16-14/h4-5,7-8,11,14,16H,3,6,9-10H2,1-2H3. The van der Waals surface area contributed by atoms with Gasteiger partial charge in [-0.2, -0.15) is 0 Å². The first kappa shape index (κ1) is 13.1. The summed E-state index contributed by atoms with van der Waals surface area (Å²) in [7, 11) is 0. The molecule has 1 heterocycles. The van der Waals surface area contributed by atoms with E-state index in [4.69, 9.17) is 4.74 Å². The van der Waals surface area contributed by atoms with Crippen LogP contribution < -0.4 is 5.32 Å². The van der Waals surface area contributed by atoms with Gasteiger partial charge in [0.15, 0.2) is 0 Å². The van der Waals surface area contributed by atoms with Crippen LogP contribution in [0.2, 0.25) is 0 Å². The van der Waals surface area contributed by atoms with Gasteiger partial charge in [-0.1, -0.05) is 37.6 Å². The third-order valence-electron chi connectivity index (χ3n) is 3.36. The van der Waals surface area contributed by atoms with Gasteiger partial charge in [0.1, 0.15) is 6.04 Å². The molecule has 0 bridgehead atoms. The van der Waals surface area contributed by atoms with E-state index < -0.39 is 0 Å². The van der Waals surface area contributed by atoms with Crippen LogP contribution in [-0.4, -0.2) is 18.6 Å². The number of nitrogens with one attached hydrogen (secondary N) is 1. The number of ether oxygens (including phenoxy) is 1. The van der Waals surface area contributed by atoms with Crippen LogP contribution in [0.4, 0.5) is 0 Å². The van der Waals surface area contributed by atoms with Crippen molar-refractivity contribution >= 4 is 5.97 Å². The van der Waals surface area contributed by atoms with Gasteiger partial charge in [0, 0.05) is 6.54 Å². The van der Waals surface area contributed by atoms with Crippen LogP contribution in [0.25, 0.3) is 0 Å². The fourth-order valence-electron chi connectivity index (χ4n) is 2.45. The summed E-state index contributed by atoms with van der Waals surface area (Å²) in [5, 5.41) is 3.25. The highest BCUT2D eigenvalue weighted by Gasteiger charge is 2.27. The average molecular weight is 247 g/mol. The number of rotatable bonds is 4. The topological polar surface area (TPSA) is 38.3 Å². The molecule has 1 aliphatic rings. The lowest BCUT2D eigenvalue weighted by molar-refractivity contribution is -0.151. The van der Waals surface area contributed by atoms with Gasteiger partial charge in [-0.15, -0.1) is 0 Å². The minimum atomic E-state index is -0.297. The van der Waals surface area contributed by atoms with Gasteiger partial charge in [-0.25, -0.2) is 4.79 Å². The maximum atomic E-state index is 12.2. The molecule has 0 aromatic heterocycles. The molecule has 3 heteroatoms. The summed E-state index contributed by atoms with van der Waals surface area (Å²) in [4.78, 5) is 12.2. The molecule has 0 aliphatic carbocycles. The van der Waals surface area contributed by atoms with Gasteiger partial charge in [-0.3, -0.25) is 0 Å². The molecule has 18 heavy (non-hydrogen) atoms. The Kier molecular flexibility index (Phi) is 4.37. The van der Waals surface area contributed by atoms with Crippen molar-refractivity contribution in [3.8, 4) is 0 Å². The molecule has 0 saturated carbocycles. The molecule has 98 valence electrons. The highest BCUT2D eigenvalue weighted by molar-refractivity contribution is 5.78. The summed E-state index contributed by atoms with van der Waals surface area (Å²) in [5.41, 5.74) is 2.32. The molecule has 0 saturated heterocycles. The zero-order valence-electron chi connectivity index (χ0n) is 11.1. The highest BCUT2D eigenvalue weighted by Crippen LogP contribution is 2.24. The molecule has 0 amide bonds. The lowest BCUT2D eigenvalue weighted by Gasteiger charge is -2.26. The maximum Gasteiger partial charge on any atom is 0.328 e. The first-order valence-electron chi connectivity index (χ1n) is 6.74. The summed E-state index contributed by atoms with van der Waals surface area (Å²) >= 11 is 0. The van der Waals surface area contributed by atoms with Crippen molar-refractivity contribution in [2.75, 3.05) is 6.54 Å². The van der Waals surface area contributed by atoms with Crippen molar-refractivity contribution in [1.82, 2.24) is 5.32 Å². The largest absolute Gasteiger partial charge is 0.461 e. The molecule has 2 atom stereocenters. The molecular formula is C15H21NO2. The minimum absolute atomic E-state index is 0.00149. The fourth-order valence-corrected chi connectivity index (χ4v) is 2.45. The molecule has 1 aromatic carbocycles. The zero-order valence-corrected chi connectivity index (χ0v) is 11.1. The van der Waals surface area contributed by atoms with Crippen molar-refractivity contribution in [2.24, 2.45) is 0 Å². The average Bonchev–Trinajstić information content (AvgIpc) is 2.38. The predicted molar refractivity (Wildman–Crippen MR) is 71.4 cm³/mol. The first-order valence-corrected chi connectivity index (χ1v) is 6.74. The Morgan fingerprint density at radius 1 is 1.50 bits per heavy atom. The summed E-state index contributed by atoms with van der Waals surface area (Å²) < 4.78 is 5.49. The molecular weight excluding hydrogens is 226 g/mol. The van der Waals surface area contributed by atoms with Crippen LogP contribution in [0.5, 0.6) is 0 Å². The van der Waals surface area contributed by atoms with E-state index in [1.165, 1.54) is 5.56 Å². The van der Waals surface area contributed by atoms with Crippen molar-refractivity contribution in [2.45, 2.75) is 45.3 Å². The van der Waals surface area contributed by atoms with Crippen LogP contribution in [-0.2, 0) is 16.0 Å². The third-order valence-corrected chi connectivity index (χ3v) is 3.36. The van der Waals surface area contributed by atoms with Crippen molar-refractivity contribution in [3.05, 3.63) is 35.4 Å². The minimum Gasteiger partial charge on any atom is -0.461 e. The highest BCUT2D eigenvalue weighted by atomic mass is 16.5. The molecule has 0 spiro atoms. The summed E-state index contributed by atoms with van der Waals surface area (Å²) in [5.74, 6) is -0.150. The van der Waals surface area contributed by atoms with Crippen LogP contribution in [0.1, 0.15) is 43.9 Å². The van der Waals surface area contributed by atoms with Crippen molar-refractivity contribution in [3.63, 3.8) is 0 Å². The van der Waals surface area contributed by atoms with E-state index in [1.807, 2.05) is 25.1 Å².